The Morgan fingerprint density at radius 1 is 1.38 bits per heavy atom. The lowest BCUT2D eigenvalue weighted by atomic mass is 10.1. The molecule has 0 spiro atoms. The molecule has 0 unspecified atom stereocenters. The zero-order chi connectivity index (χ0) is 18.5. The fourth-order valence-electron chi connectivity index (χ4n) is 2.61. The highest BCUT2D eigenvalue weighted by Gasteiger charge is 2.33. The van der Waals surface area contributed by atoms with E-state index in [2.05, 4.69) is 20.7 Å². The molecule has 1 aromatic carbocycles. The lowest BCUT2D eigenvalue weighted by Gasteiger charge is -2.22. The first-order valence-electron chi connectivity index (χ1n) is 8.27. The molecule has 0 saturated heterocycles. The maximum atomic E-state index is 12.7. The quantitative estimate of drug-likeness (QED) is 0.721. The molecule has 0 aliphatic carbocycles. The third-order valence-electron chi connectivity index (χ3n) is 3.97. The predicted molar refractivity (Wildman–Crippen MR) is 93.6 cm³/mol. The molecule has 3 rings (SSSR count). The molecule has 2 amide bonds. The summed E-state index contributed by atoms with van der Waals surface area (Å²) in [7, 11) is 1.59. The van der Waals surface area contributed by atoms with Crippen molar-refractivity contribution in [2.45, 2.75) is 26.0 Å². The van der Waals surface area contributed by atoms with Crippen molar-refractivity contribution in [3.63, 3.8) is 0 Å². The van der Waals surface area contributed by atoms with Crippen LogP contribution in [-0.4, -0.2) is 46.9 Å². The smallest absolute Gasteiger partial charge is 0.249 e. The summed E-state index contributed by atoms with van der Waals surface area (Å²) in [6.45, 7) is 2.95. The van der Waals surface area contributed by atoms with E-state index in [1.165, 1.54) is 4.68 Å². The second-order valence-corrected chi connectivity index (χ2v) is 5.91. The topological polar surface area (TPSA) is 107 Å². The predicted octanol–water partition coefficient (Wildman–Crippen LogP) is 1.27. The number of hydrogen-bond acceptors (Lipinski definition) is 6. The molecule has 2 aromatic rings. The van der Waals surface area contributed by atoms with Crippen molar-refractivity contribution in [1.82, 2.24) is 14.8 Å². The van der Waals surface area contributed by atoms with Crippen LogP contribution in [0, 0.1) is 6.92 Å². The molecule has 1 aliphatic rings. The van der Waals surface area contributed by atoms with Crippen LogP contribution in [0.25, 0.3) is 0 Å². The van der Waals surface area contributed by atoms with Gasteiger partial charge in [0.05, 0.1) is 19.6 Å². The fourth-order valence-corrected chi connectivity index (χ4v) is 2.61. The molecule has 1 aromatic heterocycles. The number of hydrogen-bond donors (Lipinski definition) is 2. The normalized spacial score (nSPS) is 16.1. The van der Waals surface area contributed by atoms with Crippen molar-refractivity contribution in [2.75, 3.05) is 31.0 Å². The molecule has 1 atom stereocenters. The number of para-hydroxylation sites is 1. The lowest BCUT2D eigenvalue weighted by molar-refractivity contribution is -0.125. The van der Waals surface area contributed by atoms with Crippen LogP contribution in [0.5, 0.6) is 0 Å². The van der Waals surface area contributed by atoms with Gasteiger partial charge in [-0.05, 0) is 18.6 Å². The molecule has 2 heterocycles. The summed E-state index contributed by atoms with van der Waals surface area (Å²) in [6, 6.07) is 6.68. The first-order valence-corrected chi connectivity index (χ1v) is 8.27. The largest absolute Gasteiger partial charge is 0.382 e. The van der Waals surface area contributed by atoms with Crippen LogP contribution >= 0.6 is 0 Å². The van der Waals surface area contributed by atoms with Gasteiger partial charge in [-0.1, -0.05) is 18.2 Å². The molecular weight excluding hydrogens is 338 g/mol. The van der Waals surface area contributed by atoms with Gasteiger partial charge in [0.15, 0.2) is 5.82 Å². The van der Waals surface area contributed by atoms with Crippen molar-refractivity contribution >= 4 is 23.5 Å². The van der Waals surface area contributed by atoms with E-state index in [-0.39, 0.29) is 30.8 Å². The van der Waals surface area contributed by atoms with Crippen LogP contribution in [0.4, 0.5) is 11.6 Å². The third kappa shape index (κ3) is 4.06. The summed E-state index contributed by atoms with van der Waals surface area (Å²) in [5.41, 5.74) is 1.64. The summed E-state index contributed by atoms with van der Waals surface area (Å²) < 4.78 is 11.7. The van der Waals surface area contributed by atoms with Crippen molar-refractivity contribution in [1.29, 1.82) is 0 Å². The van der Waals surface area contributed by atoms with E-state index >= 15 is 0 Å². The number of aryl methyl sites for hydroxylation is 1. The maximum absolute atomic E-state index is 12.7. The molecule has 138 valence electrons. The second-order valence-electron chi connectivity index (χ2n) is 5.91. The monoisotopic (exact) mass is 359 g/mol. The number of methoxy groups -OCH3 is 1. The maximum Gasteiger partial charge on any atom is 0.249 e. The van der Waals surface area contributed by atoms with E-state index in [1.54, 1.807) is 7.11 Å². The van der Waals surface area contributed by atoms with E-state index < -0.39 is 6.04 Å². The average molecular weight is 359 g/mol. The molecule has 1 aliphatic heterocycles. The number of amides is 2. The van der Waals surface area contributed by atoms with E-state index in [0.717, 1.165) is 5.56 Å². The van der Waals surface area contributed by atoms with E-state index in [0.29, 0.717) is 24.7 Å². The first-order chi connectivity index (χ1) is 12.6. The molecule has 0 saturated carbocycles. The summed E-state index contributed by atoms with van der Waals surface area (Å²) in [4.78, 5) is 28.9. The minimum absolute atomic E-state index is 0.00194. The number of anilines is 2. The summed E-state index contributed by atoms with van der Waals surface area (Å²) in [5.74, 6) is 0.0531. The lowest BCUT2D eigenvalue weighted by Crippen LogP contribution is -2.36. The van der Waals surface area contributed by atoms with Crippen LogP contribution in [0.15, 0.2) is 24.3 Å². The van der Waals surface area contributed by atoms with Crippen molar-refractivity contribution in [3.05, 3.63) is 35.7 Å². The number of carbonyl (C=O) groups is 2. The Balaban J connectivity index is 1.75. The number of ether oxygens (including phenoxy) is 2. The van der Waals surface area contributed by atoms with E-state index in [4.69, 9.17) is 9.47 Å². The molecule has 9 nitrogen and oxygen atoms in total. The van der Waals surface area contributed by atoms with Gasteiger partial charge < -0.3 is 14.8 Å². The highest BCUT2D eigenvalue weighted by atomic mass is 16.5. The molecule has 26 heavy (non-hydrogen) atoms. The standard InChI is InChI=1S/C17H21N5O4/c1-11-5-3-4-6-12(11)18-16(24)13-9-15(23)20-17-19-14(21-22(13)17)10-26-8-7-25-2/h3-6,13H,7-10H2,1-2H3,(H,18,24)(H,19,20,21,23)/t13-/m1/s1. The van der Waals surface area contributed by atoms with Gasteiger partial charge in [-0.2, -0.15) is 10.1 Å². The Labute approximate surface area is 150 Å². The molecular formula is C17H21N5O4. The first kappa shape index (κ1) is 18.0. The van der Waals surface area contributed by atoms with Gasteiger partial charge in [0, 0.05) is 12.8 Å². The van der Waals surface area contributed by atoms with Crippen LogP contribution < -0.4 is 10.6 Å². The highest BCUT2D eigenvalue weighted by Crippen LogP contribution is 2.25. The van der Waals surface area contributed by atoms with Crippen molar-refractivity contribution < 1.29 is 19.1 Å². The van der Waals surface area contributed by atoms with Gasteiger partial charge in [-0.15, -0.1) is 0 Å². The Hall–Kier alpha value is -2.78. The van der Waals surface area contributed by atoms with Gasteiger partial charge in [-0.3, -0.25) is 14.9 Å². The highest BCUT2D eigenvalue weighted by molar-refractivity contribution is 6.01. The fraction of sp³-hybridized carbons (Fsp3) is 0.412. The van der Waals surface area contributed by atoms with Gasteiger partial charge in [0.25, 0.3) is 0 Å². The Kier molecular flexibility index (Phi) is 5.59. The van der Waals surface area contributed by atoms with Crippen molar-refractivity contribution in [2.24, 2.45) is 0 Å². The summed E-state index contributed by atoms with van der Waals surface area (Å²) in [5, 5.41) is 9.80. The average Bonchev–Trinajstić information content (AvgIpc) is 3.02. The Bertz CT molecular complexity index is 804. The van der Waals surface area contributed by atoms with Gasteiger partial charge >= 0.3 is 0 Å². The van der Waals surface area contributed by atoms with Gasteiger partial charge in [0.1, 0.15) is 12.6 Å². The number of fused-ring (bicyclic) bond motifs is 1. The minimum Gasteiger partial charge on any atom is -0.382 e. The van der Waals surface area contributed by atoms with Crippen LogP contribution in [0.3, 0.4) is 0 Å². The molecule has 0 bridgehead atoms. The molecule has 0 radical (unpaired) electrons. The Morgan fingerprint density at radius 2 is 2.19 bits per heavy atom. The SMILES string of the molecule is COCCOCc1nc2n(n1)[C@@H](C(=O)Nc1ccccc1C)CC(=O)N2. The number of benzene rings is 1. The van der Waals surface area contributed by atoms with E-state index in [9.17, 15) is 9.59 Å². The minimum atomic E-state index is -0.765. The summed E-state index contributed by atoms with van der Waals surface area (Å²) in [6.07, 6.45) is -0.00194. The van der Waals surface area contributed by atoms with Crippen LogP contribution in [0.1, 0.15) is 23.9 Å². The number of rotatable bonds is 7. The van der Waals surface area contributed by atoms with Gasteiger partial charge in [-0.25, -0.2) is 4.68 Å². The third-order valence-corrected chi connectivity index (χ3v) is 3.97. The second kappa shape index (κ2) is 8.07. The number of nitrogens with zero attached hydrogens (tertiary/aromatic N) is 3. The molecule has 9 heteroatoms. The Morgan fingerprint density at radius 3 is 2.96 bits per heavy atom. The zero-order valence-electron chi connectivity index (χ0n) is 14.7. The van der Waals surface area contributed by atoms with Crippen LogP contribution in [-0.2, 0) is 25.7 Å². The number of aromatic nitrogens is 3. The zero-order valence-corrected chi connectivity index (χ0v) is 14.7. The number of carbonyl (C=O) groups excluding carboxylic acids is 2. The molecule has 0 fully saturated rings. The summed E-state index contributed by atoms with van der Waals surface area (Å²) >= 11 is 0. The van der Waals surface area contributed by atoms with Crippen molar-refractivity contribution in [3.8, 4) is 0 Å². The van der Waals surface area contributed by atoms with E-state index in [1.807, 2.05) is 31.2 Å². The number of nitrogens with one attached hydrogen (secondary N) is 2. The molecule has 2 N–H and O–H groups in total. The van der Waals surface area contributed by atoms with Gasteiger partial charge in [0.2, 0.25) is 17.8 Å². The van der Waals surface area contributed by atoms with Crippen LogP contribution in [0.2, 0.25) is 0 Å².